The van der Waals surface area contributed by atoms with Crippen molar-refractivity contribution in [3.05, 3.63) is 54.3 Å². The van der Waals surface area contributed by atoms with Gasteiger partial charge in [0.05, 0.1) is 29.1 Å². The standard InChI is InChI=1S/C23H19F3N6O6/c1-11(22(36)31-8-12(33)9-31)29-20(35)14-3-2-13(6-17(14)34)38-21-19-28-7-16(32(19)5-4-27-21)15-10-37-30-18(15)23(24,25)26/h2-7,10-12,33-34H,8-9H2,1H3,(H,29,35)/t11-/m1/s1. The molecule has 0 bridgehead atoms. The zero-order chi connectivity index (χ0) is 27.2. The number of carbonyl (C=O) groups excluding carboxylic acids is 2. The van der Waals surface area contributed by atoms with Crippen molar-refractivity contribution >= 4 is 17.5 Å². The highest BCUT2D eigenvalue weighted by atomic mass is 19.4. The lowest BCUT2D eigenvalue weighted by Gasteiger charge is -2.37. The number of fused-ring (bicyclic) bond motifs is 1. The van der Waals surface area contributed by atoms with Crippen LogP contribution in [0.5, 0.6) is 17.4 Å². The largest absolute Gasteiger partial charge is 0.507 e. The highest BCUT2D eigenvalue weighted by molar-refractivity contribution is 5.99. The molecular weight excluding hydrogens is 513 g/mol. The van der Waals surface area contributed by atoms with Crippen molar-refractivity contribution in [1.82, 2.24) is 29.7 Å². The molecule has 4 aromatic rings. The Bertz CT molecular complexity index is 1530. The molecule has 2 amide bonds. The van der Waals surface area contributed by atoms with Gasteiger partial charge in [0.15, 0.2) is 5.69 Å². The van der Waals surface area contributed by atoms with Crippen LogP contribution >= 0.6 is 0 Å². The van der Waals surface area contributed by atoms with Crippen molar-refractivity contribution in [2.45, 2.75) is 25.2 Å². The quantitative estimate of drug-likeness (QED) is 0.339. The first-order chi connectivity index (χ1) is 18.0. The number of imidazole rings is 1. The second-order valence-electron chi connectivity index (χ2n) is 8.52. The van der Waals surface area contributed by atoms with Crippen LogP contribution in [-0.2, 0) is 11.0 Å². The van der Waals surface area contributed by atoms with Gasteiger partial charge in [0, 0.05) is 31.5 Å². The van der Waals surface area contributed by atoms with Gasteiger partial charge in [-0.25, -0.2) is 9.97 Å². The average Bonchev–Trinajstić information content (AvgIpc) is 3.49. The Morgan fingerprint density at radius 3 is 2.71 bits per heavy atom. The molecule has 0 radical (unpaired) electrons. The zero-order valence-electron chi connectivity index (χ0n) is 19.5. The Balaban J connectivity index is 1.34. The van der Waals surface area contributed by atoms with Crippen LogP contribution in [-0.4, -0.2) is 71.7 Å². The first-order valence-electron chi connectivity index (χ1n) is 11.2. The first kappa shape index (κ1) is 25.0. The number of likely N-dealkylation sites (tertiary alicyclic amines) is 1. The summed E-state index contributed by atoms with van der Waals surface area (Å²) in [5.74, 6) is -1.55. The van der Waals surface area contributed by atoms with E-state index in [1.807, 2.05) is 0 Å². The van der Waals surface area contributed by atoms with Crippen molar-refractivity contribution in [1.29, 1.82) is 0 Å². The number of β-amino-alcohol motifs (C(OH)–C–C–N with tert-alkyl or cyclic N) is 1. The van der Waals surface area contributed by atoms with E-state index in [1.165, 1.54) is 46.9 Å². The number of hydrogen-bond acceptors (Lipinski definition) is 9. The number of phenols is 1. The Kier molecular flexibility index (Phi) is 6.14. The predicted octanol–water partition coefficient (Wildman–Crippen LogP) is 2.22. The number of nitrogens with zero attached hydrogens (tertiary/aromatic N) is 5. The number of aromatic nitrogens is 4. The van der Waals surface area contributed by atoms with Crippen molar-refractivity contribution in [3.63, 3.8) is 0 Å². The number of rotatable bonds is 6. The molecule has 1 aliphatic heterocycles. The lowest BCUT2D eigenvalue weighted by atomic mass is 10.1. The molecule has 5 rings (SSSR count). The second kappa shape index (κ2) is 9.33. The van der Waals surface area contributed by atoms with Crippen LogP contribution in [0.1, 0.15) is 23.0 Å². The summed E-state index contributed by atoms with van der Waals surface area (Å²) in [6.45, 7) is 1.87. The maximum atomic E-state index is 13.3. The Morgan fingerprint density at radius 1 is 1.26 bits per heavy atom. The smallest absolute Gasteiger partial charge is 0.437 e. The molecule has 12 nitrogen and oxygen atoms in total. The second-order valence-corrected chi connectivity index (χ2v) is 8.52. The number of halogens is 3. The fourth-order valence-corrected chi connectivity index (χ4v) is 3.91. The van der Waals surface area contributed by atoms with Gasteiger partial charge in [-0.3, -0.25) is 14.0 Å². The van der Waals surface area contributed by atoms with E-state index < -0.39 is 35.7 Å². The van der Waals surface area contributed by atoms with Crippen LogP contribution in [0.4, 0.5) is 13.2 Å². The predicted molar refractivity (Wildman–Crippen MR) is 121 cm³/mol. The number of amides is 2. The lowest BCUT2D eigenvalue weighted by Crippen LogP contribution is -2.58. The summed E-state index contributed by atoms with van der Waals surface area (Å²) in [5, 5.41) is 25.3. The van der Waals surface area contributed by atoms with E-state index in [0.29, 0.717) is 0 Å². The van der Waals surface area contributed by atoms with Crippen LogP contribution in [0.15, 0.2) is 47.6 Å². The SMILES string of the molecule is C[C@@H](NC(=O)c1ccc(Oc2nccn3c(-c4conc4C(F)(F)F)cnc23)cc1O)C(=O)N1CC(O)C1. The zero-order valence-corrected chi connectivity index (χ0v) is 19.5. The highest BCUT2D eigenvalue weighted by Crippen LogP contribution is 2.37. The average molecular weight is 532 g/mol. The molecule has 1 fully saturated rings. The molecule has 198 valence electrons. The normalized spacial score (nSPS) is 14.8. The summed E-state index contributed by atoms with van der Waals surface area (Å²) < 4.78 is 51.3. The number of phenolic OH excluding ortho intramolecular Hbond substituents is 1. The van der Waals surface area contributed by atoms with Gasteiger partial charge in [0.1, 0.15) is 23.8 Å². The van der Waals surface area contributed by atoms with E-state index in [1.54, 1.807) is 0 Å². The molecule has 3 aromatic heterocycles. The van der Waals surface area contributed by atoms with Gasteiger partial charge in [0.25, 0.3) is 11.8 Å². The number of aliphatic hydroxyl groups excluding tert-OH is 1. The third-order valence-corrected chi connectivity index (χ3v) is 5.83. The van der Waals surface area contributed by atoms with Crippen LogP contribution in [0.25, 0.3) is 16.9 Å². The molecule has 0 spiro atoms. The van der Waals surface area contributed by atoms with E-state index >= 15 is 0 Å². The summed E-state index contributed by atoms with van der Waals surface area (Å²) in [7, 11) is 0. The van der Waals surface area contributed by atoms with Crippen molar-refractivity contribution in [2.75, 3.05) is 13.1 Å². The molecule has 0 aliphatic carbocycles. The van der Waals surface area contributed by atoms with E-state index in [9.17, 15) is 33.0 Å². The van der Waals surface area contributed by atoms with Crippen molar-refractivity contribution in [2.24, 2.45) is 0 Å². The number of aliphatic hydroxyl groups is 1. The summed E-state index contributed by atoms with van der Waals surface area (Å²) in [6, 6.07) is 2.90. The van der Waals surface area contributed by atoms with Gasteiger partial charge in [-0.1, -0.05) is 5.16 Å². The van der Waals surface area contributed by atoms with E-state index in [4.69, 9.17) is 4.74 Å². The van der Waals surface area contributed by atoms with E-state index in [-0.39, 0.29) is 53.1 Å². The number of ether oxygens (including phenoxy) is 1. The lowest BCUT2D eigenvalue weighted by molar-refractivity contribution is -0.143. The molecule has 38 heavy (non-hydrogen) atoms. The fraction of sp³-hybridized carbons (Fsp3) is 0.261. The third kappa shape index (κ3) is 4.58. The van der Waals surface area contributed by atoms with Gasteiger partial charge >= 0.3 is 6.18 Å². The molecule has 3 N–H and O–H groups in total. The molecular formula is C23H19F3N6O6. The minimum Gasteiger partial charge on any atom is -0.507 e. The Labute approximate surface area is 211 Å². The molecule has 1 atom stereocenters. The number of alkyl halides is 3. The summed E-state index contributed by atoms with van der Waals surface area (Å²) in [6.07, 6.45) is -0.618. The van der Waals surface area contributed by atoms with Crippen molar-refractivity contribution < 1.29 is 42.2 Å². The molecule has 15 heteroatoms. The van der Waals surface area contributed by atoms with Gasteiger partial charge in [0.2, 0.25) is 11.6 Å². The molecule has 0 saturated carbocycles. The van der Waals surface area contributed by atoms with E-state index in [0.717, 1.165) is 12.3 Å². The fourth-order valence-electron chi connectivity index (χ4n) is 3.91. The molecule has 4 heterocycles. The van der Waals surface area contributed by atoms with Gasteiger partial charge < -0.3 is 29.7 Å². The van der Waals surface area contributed by atoms with Gasteiger partial charge in [-0.2, -0.15) is 13.2 Å². The number of benzene rings is 1. The minimum absolute atomic E-state index is 0.0343. The molecule has 1 aromatic carbocycles. The maximum Gasteiger partial charge on any atom is 0.437 e. The van der Waals surface area contributed by atoms with Crippen molar-refractivity contribution in [3.8, 4) is 28.6 Å². The third-order valence-electron chi connectivity index (χ3n) is 5.83. The number of hydrogen-bond donors (Lipinski definition) is 3. The number of nitrogens with one attached hydrogen (secondary N) is 1. The molecule has 0 unspecified atom stereocenters. The number of carbonyl (C=O) groups is 2. The maximum absolute atomic E-state index is 13.3. The van der Waals surface area contributed by atoms with Crippen LogP contribution < -0.4 is 10.1 Å². The summed E-state index contributed by atoms with van der Waals surface area (Å²) in [5.41, 5.74) is -1.56. The first-order valence-corrected chi connectivity index (χ1v) is 11.2. The highest BCUT2D eigenvalue weighted by Gasteiger charge is 2.39. The monoisotopic (exact) mass is 532 g/mol. The summed E-state index contributed by atoms with van der Waals surface area (Å²) >= 11 is 0. The Morgan fingerprint density at radius 2 is 2.03 bits per heavy atom. The molecule has 1 saturated heterocycles. The van der Waals surface area contributed by atoms with Crippen LogP contribution in [0.2, 0.25) is 0 Å². The van der Waals surface area contributed by atoms with Gasteiger partial charge in [-0.15, -0.1) is 0 Å². The number of aromatic hydroxyl groups is 1. The van der Waals surface area contributed by atoms with Crippen LogP contribution in [0.3, 0.4) is 0 Å². The topological polar surface area (TPSA) is 155 Å². The minimum atomic E-state index is -4.74. The summed E-state index contributed by atoms with van der Waals surface area (Å²) in [4.78, 5) is 34.4. The van der Waals surface area contributed by atoms with Gasteiger partial charge in [-0.05, 0) is 19.1 Å². The molecule has 1 aliphatic rings. The van der Waals surface area contributed by atoms with E-state index in [2.05, 4.69) is 25.0 Å². The van der Waals surface area contributed by atoms with Crippen LogP contribution in [0, 0.1) is 0 Å². The Hall–Kier alpha value is -4.66.